The quantitative estimate of drug-likeness (QED) is 0.788. The molecule has 1 unspecified atom stereocenters. The maximum absolute atomic E-state index is 10.2. The number of aryl methyl sites for hydroxylation is 1. The van der Waals surface area contributed by atoms with Crippen LogP contribution in [0, 0.1) is 0 Å². The van der Waals surface area contributed by atoms with E-state index in [1.165, 1.54) is 5.56 Å². The monoisotopic (exact) mass is 336 g/mol. The molecule has 0 fully saturated rings. The molecule has 0 saturated heterocycles. The predicted octanol–water partition coefficient (Wildman–Crippen LogP) is 4.84. The summed E-state index contributed by atoms with van der Waals surface area (Å²) in [6.45, 7) is 2.13. The van der Waals surface area contributed by atoms with Crippen molar-refractivity contribution in [3.63, 3.8) is 0 Å². The first-order valence-corrected chi connectivity index (χ1v) is 8.12. The Morgan fingerprint density at radius 1 is 1.11 bits per heavy atom. The number of hydrogen-bond acceptors (Lipinski definition) is 2. The maximum Gasteiger partial charge on any atom is 0.0883 e. The molecule has 0 saturated carbocycles. The van der Waals surface area contributed by atoms with Crippen LogP contribution in [-0.4, -0.2) is 10.9 Å². The summed E-state index contributed by atoms with van der Waals surface area (Å²) in [6.07, 6.45) is 0.602. The molecular weight excluding hydrogens is 320 g/mol. The Morgan fingerprint density at radius 3 is 2.42 bits per heavy atom. The standard InChI is InChI=1S/C16H17BrOS/c1-2-12-7-9-13(10-8-12)15(18)11-19-16-6-4-3-5-14(16)17/h3-10,15,18H,2,11H2,1H3. The molecule has 0 aliphatic carbocycles. The van der Waals surface area contributed by atoms with Crippen LogP contribution in [-0.2, 0) is 6.42 Å². The van der Waals surface area contributed by atoms with E-state index in [0.29, 0.717) is 5.75 Å². The molecule has 19 heavy (non-hydrogen) atoms. The molecule has 1 atom stereocenters. The van der Waals surface area contributed by atoms with Gasteiger partial charge in [0.25, 0.3) is 0 Å². The third-order valence-corrected chi connectivity index (χ3v) is 5.11. The molecule has 1 nitrogen and oxygen atoms in total. The van der Waals surface area contributed by atoms with Gasteiger partial charge in [-0.25, -0.2) is 0 Å². The van der Waals surface area contributed by atoms with Crippen molar-refractivity contribution in [3.8, 4) is 0 Å². The fourth-order valence-electron chi connectivity index (χ4n) is 1.80. The zero-order chi connectivity index (χ0) is 13.7. The van der Waals surface area contributed by atoms with Gasteiger partial charge in [-0.05, 0) is 45.6 Å². The van der Waals surface area contributed by atoms with Crippen molar-refractivity contribution in [3.05, 3.63) is 64.1 Å². The van der Waals surface area contributed by atoms with Gasteiger partial charge in [-0.3, -0.25) is 0 Å². The number of rotatable bonds is 5. The summed E-state index contributed by atoms with van der Waals surface area (Å²) < 4.78 is 1.08. The van der Waals surface area contributed by atoms with Crippen molar-refractivity contribution in [1.29, 1.82) is 0 Å². The van der Waals surface area contributed by atoms with Gasteiger partial charge < -0.3 is 5.11 Å². The molecule has 0 aliphatic rings. The molecule has 0 radical (unpaired) electrons. The van der Waals surface area contributed by atoms with Crippen LogP contribution in [0.1, 0.15) is 24.2 Å². The number of thioether (sulfide) groups is 1. The first-order valence-electron chi connectivity index (χ1n) is 6.35. The molecule has 2 aromatic rings. The molecule has 100 valence electrons. The molecule has 0 spiro atoms. The topological polar surface area (TPSA) is 20.2 Å². The van der Waals surface area contributed by atoms with Gasteiger partial charge in [0, 0.05) is 15.1 Å². The van der Waals surface area contributed by atoms with Gasteiger partial charge in [-0.2, -0.15) is 0 Å². The van der Waals surface area contributed by atoms with Gasteiger partial charge in [0.2, 0.25) is 0 Å². The molecule has 0 bridgehead atoms. The smallest absolute Gasteiger partial charge is 0.0883 e. The molecule has 0 amide bonds. The fraction of sp³-hybridized carbons (Fsp3) is 0.250. The molecule has 0 aromatic heterocycles. The summed E-state index contributed by atoms with van der Waals surface area (Å²) in [5.41, 5.74) is 2.28. The zero-order valence-electron chi connectivity index (χ0n) is 10.8. The number of benzene rings is 2. The second-order valence-electron chi connectivity index (χ2n) is 4.35. The van der Waals surface area contributed by atoms with Crippen LogP contribution >= 0.6 is 27.7 Å². The van der Waals surface area contributed by atoms with Crippen molar-refractivity contribution in [2.75, 3.05) is 5.75 Å². The molecule has 2 rings (SSSR count). The highest BCUT2D eigenvalue weighted by Gasteiger charge is 2.09. The number of halogens is 1. The minimum atomic E-state index is -0.428. The van der Waals surface area contributed by atoms with Crippen LogP contribution < -0.4 is 0 Å². The molecule has 3 heteroatoms. The van der Waals surface area contributed by atoms with Gasteiger partial charge >= 0.3 is 0 Å². The number of aliphatic hydroxyl groups excluding tert-OH is 1. The normalized spacial score (nSPS) is 12.4. The average molecular weight is 337 g/mol. The Bertz CT molecular complexity index is 525. The lowest BCUT2D eigenvalue weighted by Gasteiger charge is -2.12. The lowest BCUT2D eigenvalue weighted by molar-refractivity contribution is 0.204. The summed E-state index contributed by atoms with van der Waals surface area (Å²) in [6, 6.07) is 16.3. The van der Waals surface area contributed by atoms with E-state index in [1.807, 2.05) is 30.3 Å². The SMILES string of the molecule is CCc1ccc(C(O)CSc2ccccc2Br)cc1. The Balaban J connectivity index is 1.97. The number of aliphatic hydroxyl groups is 1. The third-order valence-electron chi connectivity index (χ3n) is 3.01. The highest BCUT2D eigenvalue weighted by molar-refractivity contribution is 9.10. The Morgan fingerprint density at radius 2 is 1.79 bits per heavy atom. The highest BCUT2D eigenvalue weighted by Crippen LogP contribution is 2.30. The number of hydrogen-bond donors (Lipinski definition) is 1. The third kappa shape index (κ3) is 4.10. The van der Waals surface area contributed by atoms with E-state index in [1.54, 1.807) is 11.8 Å². The Labute approximate surface area is 127 Å². The Kier molecular flexibility index (Phi) is 5.49. The van der Waals surface area contributed by atoms with E-state index in [0.717, 1.165) is 21.4 Å². The van der Waals surface area contributed by atoms with E-state index in [4.69, 9.17) is 0 Å². The van der Waals surface area contributed by atoms with Crippen molar-refractivity contribution in [1.82, 2.24) is 0 Å². The van der Waals surface area contributed by atoms with E-state index in [9.17, 15) is 5.11 Å². The van der Waals surface area contributed by atoms with E-state index < -0.39 is 6.10 Å². The second kappa shape index (κ2) is 7.13. The summed E-state index contributed by atoms with van der Waals surface area (Å²) in [5, 5.41) is 10.2. The molecule has 0 heterocycles. The van der Waals surface area contributed by atoms with Gasteiger partial charge in [0.05, 0.1) is 6.10 Å². The van der Waals surface area contributed by atoms with Crippen LogP contribution in [0.25, 0.3) is 0 Å². The van der Waals surface area contributed by atoms with Crippen LogP contribution in [0.5, 0.6) is 0 Å². The van der Waals surface area contributed by atoms with Crippen LogP contribution in [0.2, 0.25) is 0 Å². The van der Waals surface area contributed by atoms with E-state index >= 15 is 0 Å². The van der Waals surface area contributed by atoms with Gasteiger partial charge in [-0.15, -0.1) is 11.8 Å². The van der Waals surface area contributed by atoms with Gasteiger partial charge in [0.1, 0.15) is 0 Å². The first-order chi connectivity index (χ1) is 9.20. The van der Waals surface area contributed by atoms with E-state index in [2.05, 4.69) is 41.1 Å². The second-order valence-corrected chi connectivity index (χ2v) is 6.27. The molecule has 0 aliphatic heterocycles. The predicted molar refractivity (Wildman–Crippen MR) is 85.6 cm³/mol. The zero-order valence-corrected chi connectivity index (χ0v) is 13.2. The average Bonchev–Trinajstić information content (AvgIpc) is 2.46. The summed E-state index contributed by atoms with van der Waals surface area (Å²) in [7, 11) is 0. The van der Waals surface area contributed by atoms with Crippen molar-refractivity contribution >= 4 is 27.7 Å². The van der Waals surface area contributed by atoms with Gasteiger partial charge in [0.15, 0.2) is 0 Å². The minimum Gasteiger partial charge on any atom is -0.388 e. The minimum absolute atomic E-state index is 0.428. The summed E-state index contributed by atoms with van der Waals surface area (Å²) >= 11 is 5.18. The van der Waals surface area contributed by atoms with Crippen molar-refractivity contribution in [2.24, 2.45) is 0 Å². The van der Waals surface area contributed by atoms with Crippen LogP contribution in [0.4, 0.5) is 0 Å². The summed E-state index contributed by atoms with van der Waals surface area (Å²) in [5.74, 6) is 0.661. The van der Waals surface area contributed by atoms with Crippen LogP contribution in [0.15, 0.2) is 57.9 Å². The fourth-order valence-corrected chi connectivity index (χ4v) is 3.34. The lowest BCUT2D eigenvalue weighted by Crippen LogP contribution is -2.00. The van der Waals surface area contributed by atoms with E-state index in [-0.39, 0.29) is 0 Å². The van der Waals surface area contributed by atoms with Crippen molar-refractivity contribution < 1.29 is 5.11 Å². The molecular formula is C16H17BrOS. The molecule has 1 N–H and O–H groups in total. The lowest BCUT2D eigenvalue weighted by atomic mass is 10.1. The van der Waals surface area contributed by atoms with Gasteiger partial charge in [-0.1, -0.05) is 43.3 Å². The highest BCUT2D eigenvalue weighted by atomic mass is 79.9. The summed E-state index contributed by atoms with van der Waals surface area (Å²) in [4.78, 5) is 1.16. The van der Waals surface area contributed by atoms with Crippen LogP contribution in [0.3, 0.4) is 0 Å². The first kappa shape index (κ1) is 14.6. The molecule has 2 aromatic carbocycles. The maximum atomic E-state index is 10.2. The Hall–Kier alpha value is -0.770. The largest absolute Gasteiger partial charge is 0.388 e. The van der Waals surface area contributed by atoms with Crippen molar-refractivity contribution in [2.45, 2.75) is 24.3 Å².